The number of hydrogen-bond donors (Lipinski definition) is 3. The number of hydrogen-bond acceptors (Lipinski definition) is 6. The van der Waals surface area contributed by atoms with Gasteiger partial charge >= 0.3 is 0 Å². The molecule has 1 aromatic heterocycles. The molecule has 1 saturated heterocycles. The smallest absolute Gasteiger partial charge is 0.261 e. The zero-order chi connectivity index (χ0) is 25.0. The molecule has 1 aliphatic heterocycles. The molecule has 2 heterocycles. The van der Waals surface area contributed by atoms with Crippen LogP contribution in [-0.4, -0.2) is 35.5 Å². The monoisotopic (exact) mass is 483 g/mol. The third-order valence-electron chi connectivity index (χ3n) is 5.90. The number of Topliss-reactive ketones (excluding diaryl/α,β-unsaturated/α-hetero) is 1. The van der Waals surface area contributed by atoms with Crippen LogP contribution in [0.2, 0.25) is 0 Å². The van der Waals surface area contributed by atoms with Gasteiger partial charge in [0.2, 0.25) is 17.7 Å². The van der Waals surface area contributed by atoms with E-state index in [1.54, 1.807) is 19.9 Å². The van der Waals surface area contributed by atoms with E-state index in [1.165, 1.54) is 18.3 Å². The van der Waals surface area contributed by atoms with E-state index >= 15 is 0 Å². The maximum absolute atomic E-state index is 13.1. The van der Waals surface area contributed by atoms with Crippen molar-refractivity contribution >= 4 is 40.7 Å². The molecule has 4 atom stereocenters. The van der Waals surface area contributed by atoms with Crippen molar-refractivity contribution in [3.63, 3.8) is 0 Å². The highest BCUT2D eigenvalue weighted by atomic mass is 32.1. The van der Waals surface area contributed by atoms with Gasteiger partial charge in [-0.1, -0.05) is 51.1 Å². The van der Waals surface area contributed by atoms with Crippen molar-refractivity contribution in [3.8, 4) is 0 Å². The number of rotatable bonds is 9. The van der Waals surface area contributed by atoms with Crippen molar-refractivity contribution in [2.24, 2.45) is 17.8 Å². The average molecular weight is 484 g/mol. The fraction of sp³-hybridized carbons (Fsp3) is 0.400. The second-order valence-corrected chi connectivity index (χ2v) is 10.2. The van der Waals surface area contributed by atoms with E-state index < -0.39 is 47.4 Å². The molecular weight excluding hydrogens is 454 g/mol. The summed E-state index contributed by atoms with van der Waals surface area (Å²) in [4.78, 5) is 64.4. The zero-order valence-electron chi connectivity index (χ0n) is 19.6. The van der Waals surface area contributed by atoms with Gasteiger partial charge in [0, 0.05) is 4.88 Å². The average Bonchev–Trinajstić information content (AvgIpc) is 3.33. The van der Waals surface area contributed by atoms with Crippen molar-refractivity contribution in [3.05, 3.63) is 57.8 Å². The molecule has 8 nitrogen and oxygen atoms in total. The number of carbonyl (C=O) groups is 5. The number of carbonyl (C=O) groups excluding carboxylic acids is 5. The number of imide groups is 1. The maximum atomic E-state index is 13.1. The van der Waals surface area contributed by atoms with Gasteiger partial charge in [-0.15, -0.1) is 11.3 Å². The Kier molecular flexibility index (Phi) is 7.98. The third kappa shape index (κ3) is 5.77. The number of ketones is 1. The third-order valence-corrected chi connectivity index (χ3v) is 6.90. The van der Waals surface area contributed by atoms with Crippen LogP contribution in [0.3, 0.4) is 0 Å². The maximum Gasteiger partial charge on any atom is 0.261 e. The predicted molar refractivity (Wildman–Crippen MR) is 128 cm³/mol. The first kappa shape index (κ1) is 25.3. The lowest BCUT2D eigenvalue weighted by Gasteiger charge is -2.26. The molecule has 1 aromatic carbocycles. The van der Waals surface area contributed by atoms with Crippen molar-refractivity contribution in [1.29, 1.82) is 0 Å². The molecular formula is C25H29N3O5S. The van der Waals surface area contributed by atoms with Gasteiger partial charge in [0.25, 0.3) is 5.91 Å². The normalized spacial score (nSPS) is 19.4. The topological polar surface area (TPSA) is 121 Å². The van der Waals surface area contributed by atoms with E-state index in [0.29, 0.717) is 4.88 Å². The van der Waals surface area contributed by atoms with Gasteiger partial charge in [-0.25, -0.2) is 0 Å². The summed E-state index contributed by atoms with van der Waals surface area (Å²) in [6.07, 6.45) is -0.0953. The summed E-state index contributed by atoms with van der Waals surface area (Å²) in [7, 11) is 0. The molecule has 0 spiro atoms. The molecule has 0 unspecified atom stereocenters. The summed E-state index contributed by atoms with van der Waals surface area (Å²) in [5, 5.41) is 7.83. The number of benzene rings is 1. The van der Waals surface area contributed by atoms with Gasteiger partial charge in [-0.3, -0.25) is 29.3 Å². The highest BCUT2D eigenvalue weighted by molar-refractivity contribution is 7.13. The molecule has 34 heavy (non-hydrogen) atoms. The summed E-state index contributed by atoms with van der Waals surface area (Å²) >= 11 is 1.36. The summed E-state index contributed by atoms with van der Waals surface area (Å²) in [6, 6.07) is 11.1. The van der Waals surface area contributed by atoms with E-state index in [2.05, 4.69) is 16.0 Å². The molecule has 0 bridgehead atoms. The highest BCUT2D eigenvalue weighted by Crippen LogP contribution is 2.24. The predicted octanol–water partition coefficient (Wildman–Crippen LogP) is 2.54. The number of aryl methyl sites for hydroxylation is 1. The van der Waals surface area contributed by atoms with Crippen LogP contribution in [0.5, 0.6) is 0 Å². The Balaban J connectivity index is 1.75. The first-order valence-electron chi connectivity index (χ1n) is 11.2. The van der Waals surface area contributed by atoms with Crippen molar-refractivity contribution in [2.45, 2.75) is 46.2 Å². The van der Waals surface area contributed by atoms with Crippen LogP contribution in [0.15, 0.2) is 42.5 Å². The Morgan fingerprint density at radius 2 is 1.68 bits per heavy atom. The minimum Gasteiger partial charge on any atom is -0.346 e. The minimum atomic E-state index is -1.13. The molecule has 1 fully saturated rings. The molecule has 3 rings (SSSR count). The van der Waals surface area contributed by atoms with E-state index in [-0.39, 0.29) is 18.2 Å². The van der Waals surface area contributed by atoms with Crippen molar-refractivity contribution in [2.75, 3.05) is 0 Å². The van der Waals surface area contributed by atoms with E-state index in [1.807, 2.05) is 43.3 Å². The van der Waals surface area contributed by atoms with Gasteiger partial charge in [-0.2, -0.15) is 0 Å². The first-order chi connectivity index (χ1) is 16.1. The van der Waals surface area contributed by atoms with Gasteiger partial charge in [0.1, 0.15) is 5.92 Å². The molecule has 0 saturated carbocycles. The second kappa shape index (κ2) is 10.7. The lowest BCUT2D eigenvalue weighted by Crippen LogP contribution is -2.49. The number of nitrogens with one attached hydrogen (secondary N) is 3. The minimum absolute atomic E-state index is 0.0953. The summed E-state index contributed by atoms with van der Waals surface area (Å²) in [5.41, 5.74) is 0.751. The van der Waals surface area contributed by atoms with Crippen LogP contribution in [0, 0.1) is 24.7 Å². The van der Waals surface area contributed by atoms with Gasteiger partial charge in [-0.05, 0) is 30.5 Å². The van der Waals surface area contributed by atoms with E-state index in [9.17, 15) is 24.0 Å². The first-order valence-corrected chi connectivity index (χ1v) is 12.0. The molecule has 3 N–H and O–H groups in total. The van der Waals surface area contributed by atoms with Crippen LogP contribution in [0.25, 0.3) is 0 Å². The number of thiophene rings is 1. The Bertz CT molecular complexity index is 1090. The Labute approximate surface area is 202 Å². The van der Waals surface area contributed by atoms with Crippen molar-refractivity contribution < 1.29 is 24.0 Å². The number of amides is 4. The zero-order valence-corrected chi connectivity index (χ0v) is 20.4. The summed E-state index contributed by atoms with van der Waals surface area (Å²) in [5.74, 6) is -4.57. The summed E-state index contributed by atoms with van der Waals surface area (Å²) < 4.78 is 0. The van der Waals surface area contributed by atoms with Crippen LogP contribution in [0.1, 0.15) is 53.3 Å². The Morgan fingerprint density at radius 3 is 2.21 bits per heavy atom. The van der Waals surface area contributed by atoms with Crippen molar-refractivity contribution in [1.82, 2.24) is 16.0 Å². The molecule has 9 heteroatoms. The van der Waals surface area contributed by atoms with Gasteiger partial charge < -0.3 is 10.6 Å². The Hall–Kier alpha value is -3.33. The van der Waals surface area contributed by atoms with Gasteiger partial charge in [0.05, 0.1) is 29.3 Å². The molecule has 0 aliphatic carbocycles. The molecule has 4 amide bonds. The second-order valence-electron chi connectivity index (χ2n) is 8.86. The van der Waals surface area contributed by atoms with E-state index in [4.69, 9.17) is 0 Å². The largest absolute Gasteiger partial charge is 0.346 e. The highest BCUT2D eigenvalue weighted by Gasteiger charge is 2.46. The van der Waals surface area contributed by atoms with Crippen LogP contribution >= 0.6 is 11.3 Å². The molecule has 1 aliphatic rings. The lowest BCUT2D eigenvalue weighted by molar-refractivity contribution is -0.137. The molecule has 180 valence electrons. The van der Waals surface area contributed by atoms with Crippen LogP contribution < -0.4 is 16.0 Å². The fourth-order valence-corrected chi connectivity index (χ4v) is 4.74. The fourth-order valence-electron chi connectivity index (χ4n) is 3.97. The molecule has 0 radical (unpaired) electrons. The SMILES string of the molecule is Cc1ccc(C(=O)N[C@@H](CC(=O)N[C@@H](C(=O)[C@@H]2C(=O)NC(=O)[C@@H]2C)C(C)C)c2ccccc2)s1. The lowest BCUT2D eigenvalue weighted by atomic mass is 9.85. The summed E-state index contributed by atoms with van der Waals surface area (Å²) in [6.45, 7) is 6.95. The van der Waals surface area contributed by atoms with Gasteiger partial charge in [0.15, 0.2) is 5.78 Å². The molecule has 2 aromatic rings. The van der Waals surface area contributed by atoms with Crippen LogP contribution in [-0.2, 0) is 19.2 Å². The standard InChI is InChI=1S/C25H29N3O5S/c1-13(2)21(22(30)20-15(4)23(31)28-25(20)33)27-19(29)12-17(16-8-6-5-7-9-16)26-24(32)18-11-10-14(3)34-18/h5-11,13,15,17,20-21H,12H2,1-4H3,(H,26,32)(H,27,29)(H,28,31,33)/t15-,17+,20-,21-/m1/s1. The van der Waals surface area contributed by atoms with E-state index in [0.717, 1.165) is 10.4 Å². The quantitative estimate of drug-likeness (QED) is 0.374. The Morgan fingerprint density at radius 1 is 1.00 bits per heavy atom. The van der Waals surface area contributed by atoms with Crippen LogP contribution in [0.4, 0.5) is 0 Å².